The van der Waals surface area contributed by atoms with Crippen LogP contribution in [0.2, 0.25) is 5.02 Å². The average Bonchev–Trinajstić information content (AvgIpc) is 3.14. The lowest BCUT2D eigenvalue weighted by atomic mass is 9.97. The van der Waals surface area contributed by atoms with E-state index in [2.05, 4.69) is 15.7 Å². The van der Waals surface area contributed by atoms with Crippen molar-refractivity contribution in [2.45, 2.75) is 38.5 Å². The molecule has 3 aromatic rings. The van der Waals surface area contributed by atoms with Gasteiger partial charge in [0, 0.05) is 23.2 Å². The van der Waals surface area contributed by atoms with E-state index in [1.54, 1.807) is 36.4 Å². The Balaban J connectivity index is 1.63. The van der Waals surface area contributed by atoms with Crippen LogP contribution < -0.4 is 10.6 Å². The molecule has 0 radical (unpaired) electrons. The Morgan fingerprint density at radius 1 is 1.13 bits per heavy atom. The molecule has 2 N–H and O–H groups in total. The number of alkyl halides is 3. The van der Waals surface area contributed by atoms with Crippen molar-refractivity contribution in [2.24, 2.45) is 0 Å². The van der Waals surface area contributed by atoms with Crippen LogP contribution in [0.4, 0.5) is 24.7 Å². The number of aromatic nitrogens is 2. The van der Waals surface area contributed by atoms with Crippen molar-refractivity contribution in [1.29, 1.82) is 0 Å². The zero-order valence-electron chi connectivity index (χ0n) is 16.8. The molecule has 31 heavy (non-hydrogen) atoms. The molecule has 0 unspecified atom stereocenters. The number of anilines is 2. The van der Waals surface area contributed by atoms with Crippen LogP contribution in [0.1, 0.15) is 45.7 Å². The van der Waals surface area contributed by atoms with Gasteiger partial charge in [0.2, 0.25) is 0 Å². The van der Waals surface area contributed by atoms with Crippen LogP contribution in [0.25, 0.3) is 0 Å². The van der Waals surface area contributed by atoms with Gasteiger partial charge in [0.15, 0.2) is 11.7 Å². The van der Waals surface area contributed by atoms with E-state index < -0.39 is 24.2 Å². The van der Waals surface area contributed by atoms with Gasteiger partial charge in [-0.2, -0.15) is 18.3 Å². The van der Waals surface area contributed by atoms with Crippen molar-refractivity contribution in [3.63, 3.8) is 0 Å². The van der Waals surface area contributed by atoms with E-state index in [0.717, 1.165) is 15.8 Å². The third kappa shape index (κ3) is 4.39. The second-order valence-electron chi connectivity index (χ2n) is 7.65. The molecular weight excluding hydrogens is 429 g/mol. The highest BCUT2D eigenvalue weighted by Crippen LogP contribution is 2.43. The van der Waals surface area contributed by atoms with Crippen LogP contribution in [0.5, 0.6) is 0 Å². The number of rotatable bonds is 3. The van der Waals surface area contributed by atoms with E-state index in [-0.39, 0.29) is 17.9 Å². The Hall–Kier alpha value is -3.00. The van der Waals surface area contributed by atoms with Crippen molar-refractivity contribution in [3.8, 4) is 0 Å². The molecule has 0 saturated carbocycles. The molecular formula is C22H20ClF3N4O. The van der Waals surface area contributed by atoms with Gasteiger partial charge in [-0.1, -0.05) is 29.8 Å². The largest absolute Gasteiger partial charge is 0.410 e. The first-order chi connectivity index (χ1) is 14.6. The fraction of sp³-hybridized carbons (Fsp3) is 0.273. The summed E-state index contributed by atoms with van der Waals surface area (Å²) in [7, 11) is 0. The molecule has 2 heterocycles. The minimum atomic E-state index is -4.52. The van der Waals surface area contributed by atoms with Crippen molar-refractivity contribution in [1.82, 2.24) is 9.78 Å². The number of nitrogens with zero attached hydrogens (tertiary/aromatic N) is 2. The van der Waals surface area contributed by atoms with Crippen LogP contribution >= 0.6 is 11.6 Å². The maximum absolute atomic E-state index is 13.8. The van der Waals surface area contributed by atoms with E-state index in [9.17, 15) is 18.0 Å². The maximum atomic E-state index is 13.8. The Bertz CT molecular complexity index is 1120. The number of benzene rings is 2. The Morgan fingerprint density at radius 2 is 1.84 bits per heavy atom. The molecule has 1 aliphatic heterocycles. The standard InChI is InChI=1S/C22H20ClF3N4O/c1-12-3-8-16(9-13(12)2)27-21(31)18-11-20-28-17(14-4-6-15(23)7-5-14)10-19(22(24,25)26)30(20)29-18/h3-9,11,17,19,28H,10H2,1-2H3,(H,27,31)/t17-,19-/m0/s1. The smallest absolute Gasteiger partial charge is 0.363 e. The van der Waals surface area contributed by atoms with Crippen LogP contribution in [-0.2, 0) is 0 Å². The van der Waals surface area contributed by atoms with E-state index in [0.29, 0.717) is 16.3 Å². The van der Waals surface area contributed by atoms with Gasteiger partial charge in [0.05, 0.1) is 6.04 Å². The first-order valence-electron chi connectivity index (χ1n) is 9.68. The number of carbonyl (C=O) groups excluding carboxylic acids is 1. The van der Waals surface area contributed by atoms with Gasteiger partial charge in [0.25, 0.3) is 5.91 Å². The van der Waals surface area contributed by atoms with E-state index in [1.807, 2.05) is 19.9 Å². The number of amides is 1. The number of aryl methyl sites for hydroxylation is 2. The van der Waals surface area contributed by atoms with Gasteiger partial charge in [-0.25, -0.2) is 4.68 Å². The fourth-order valence-electron chi connectivity index (χ4n) is 3.61. The van der Waals surface area contributed by atoms with Gasteiger partial charge in [-0.05, 0) is 54.8 Å². The maximum Gasteiger partial charge on any atom is 0.410 e. The molecule has 1 aliphatic rings. The molecule has 9 heteroatoms. The number of carbonyl (C=O) groups is 1. The molecule has 2 aromatic carbocycles. The lowest BCUT2D eigenvalue weighted by Gasteiger charge is -2.33. The van der Waals surface area contributed by atoms with Gasteiger partial charge in [-0.3, -0.25) is 4.79 Å². The topological polar surface area (TPSA) is 59.0 Å². The molecule has 0 bridgehead atoms. The Kier molecular flexibility index (Phi) is 5.43. The fourth-order valence-corrected chi connectivity index (χ4v) is 3.74. The summed E-state index contributed by atoms with van der Waals surface area (Å²) in [5.41, 5.74) is 3.20. The van der Waals surface area contributed by atoms with Gasteiger partial charge in [0.1, 0.15) is 5.82 Å². The predicted octanol–water partition coefficient (Wildman–Crippen LogP) is 6.07. The third-order valence-electron chi connectivity index (χ3n) is 5.46. The van der Waals surface area contributed by atoms with Crippen molar-refractivity contribution < 1.29 is 18.0 Å². The highest BCUT2D eigenvalue weighted by molar-refractivity contribution is 6.30. The summed E-state index contributed by atoms with van der Waals surface area (Å²) in [6.45, 7) is 3.86. The molecule has 0 spiro atoms. The molecule has 0 aliphatic carbocycles. The van der Waals surface area contributed by atoms with Crippen LogP contribution in [0.15, 0.2) is 48.5 Å². The zero-order chi connectivity index (χ0) is 22.3. The number of fused-ring (bicyclic) bond motifs is 1. The Morgan fingerprint density at radius 3 is 2.48 bits per heavy atom. The van der Waals surface area contributed by atoms with Crippen LogP contribution in [-0.4, -0.2) is 21.9 Å². The first kappa shape index (κ1) is 21.2. The third-order valence-corrected chi connectivity index (χ3v) is 5.71. The molecule has 1 amide bonds. The van der Waals surface area contributed by atoms with Gasteiger partial charge < -0.3 is 10.6 Å². The number of hydrogen-bond donors (Lipinski definition) is 2. The molecule has 5 nitrogen and oxygen atoms in total. The van der Waals surface area contributed by atoms with Crippen LogP contribution in [0.3, 0.4) is 0 Å². The van der Waals surface area contributed by atoms with Gasteiger partial charge in [-0.15, -0.1) is 0 Å². The van der Waals surface area contributed by atoms with Crippen LogP contribution in [0, 0.1) is 13.8 Å². The molecule has 0 saturated heterocycles. The number of halogens is 4. The molecule has 0 fully saturated rings. The average molecular weight is 449 g/mol. The van der Waals surface area contributed by atoms with Gasteiger partial charge >= 0.3 is 6.18 Å². The normalized spacial score (nSPS) is 18.3. The van der Waals surface area contributed by atoms with Crippen molar-refractivity contribution in [3.05, 3.63) is 75.9 Å². The molecule has 4 rings (SSSR count). The van der Waals surface area contributed by atoms with E-state index in [1.165, 1.54) is 6.07 Å². The summed E-state index contributed by atoms with van der Waals surface area (Å²) in [5.74, 6) is -0.435. The highest BCUT2D eigenvalue weighted by atomic mass is 35.5. The lowest BCUT2D eigenvalue weighted by Crippen LogP contribution is -2.35. The van der Waals surface area contributed by atoms with Crippen molar-refractivity contribution in [2.75, 3.05) is 10.6 Å². The second kappa shape index (κ2) is 7.92. The summed E-state index contributed by atoms with van der Waals surface area (Å²) in [4.78, 5) is 12.7. The van der Waals surface area contributed by atoms with Crippen molar-refractivity contribution >= 4 is 29.0 Å². The lowest BCUT2D eigenvalue weighted by molar-refractivity contribution is -0.173. The summed E-state index contributed by atoms with van der Waals surface area (Å²) in [6.07, 6.45) is -4.77. The summed E-state index contributed by atoms with van der Waals surface area (Å²) in [6, 6.07) is 10.9. The number of hydrogen-bond acceptors (Lipinski definition) is 3. The predicted molar refractivity (Wildman–Crippen MR) is 114 cm³/mol. The molecule has 162 valence electrons. The Labute approximate surface area is 182 Å². The quantitative estimate of drug-likeness (QED) is 0.511. The number of nitrogens with one attached hydrogen (secondary N) is 2. The van der Waals surface area contributed by atoms with E-state index >= 15 is 0 Å². The first-order valence-corrected chi connectivity index (χ1v) is 10.1. The molecule has 1 aromatic heterocycles. The minimum Gasteiger partial charge on any atom is -0.363 e. The summed E-state index contributed by atoms with van der Waals surface area (Å²) < 4.78 is 42.3. The minimum absolute atomic E-state index is 0.0910. The summed E-state index contributed by atoms with van der Waals surface area (Å²) >= 11 is 5.90. The second-order valence-corrected chi connectivity index (χ2v) is 8.09. The summed E-state index contributed by atoms with van der Waals surface area (Å²) in [5, 5.41) is 10.2. The van der Waals surface area contributed by atoms with E-state index in [4.69, 9.17) is 11.6 Å². The SMILES string of the molecule is Cc1ccc(NC(=O)c2cc3n(n2)[C@H](C(F)(F)F)C[C@@H](c2ccc(Cl)cc2)N3)cc1C. The monoisotopic (exact) mass is 448 g/mol. The zero-order valence-corrected chi connectivity index (χ0v) is 17.6. The highest BCUT2D eigenvalue weighted by Gasteiger charge is 2.46. The molecule has 2 atom stereocenters.